The largest absolute Gasteiger partial charge is 0.492 e. The molecule has 1 saturated heterocycles. The number of nitrogens with one attached hydrogen (secondary N) is 1. The topological polar surface area (TPSA) is 50.3 Å². The van der Waals surface area contributed by atoms with E-state index >= 15 is 0 Å². The first-order valence-corrected chi connectivity index (χ1v) is 9.97. The zero-order valence-electron chi connectivity index (χ0n) is 16.1. The number of nitrogens with zero attached hydrogens (tertiary/aromatic N) is 3. The quantitative estimate of drug-likeness (QED) is 0.647. The van der Waals surface area contributed by atoms with E-state index in [1.165, 1.54) is 32.4 Å². The highest BCUT2D eigenvalue weighted by molar-refractivity contribution is 5.61. The first-order valence-electron chi connectivity index (χ1n) is 9.97. The molecule has 3 aromatic rings. The Morgan fingerprint density at radius 1 is 0.893 bits per heavy atom. The molecule has 5 nitrogen and oxygen atoms in total. The molecular formula is C23H26N4O. The van der Waals surface area contributed by atoms with E-state index in [0.29, 0.717) is 5.82 Å². The average Bonchev–Trinajstić information content (AvgIpc) is 2.77. The van der Waals surface area contributed by atoms with Gasteiger partial charge in [0.25, 0.3) is 0 Å². The Labute approximate surface area is 166 Å². The fourth-order valence-electron chi connectivity index (χ4n) is 3.41. The van der Waals surface area contributed by atoms with Gasteiger partial charge in [-0.1, -0.05) is 36.8 Å². The zero-order valence-corrected chi connectivity index (χ0v) is 16.1. The van der Waals surface area contributed by atoms with Gasteiger partial charge in [0.2, 0.25) is 0 Å². The number of aromatic nitrogens is 2. The summed E-state index contributed by atoms with van der Waals surface area (Å²) in [6.45, 7) is 4.15. The Morgan fingerprint density at radius 3 is 2.46 bits per heavy atom. The van der Waals surface area contributed by atoms with E-state index in [2.05, 4.69) is 20.2 Å². The number of benzene rings is 2. The lowest BCUT2D eigenvalue weighted by atomic mass is 10.1. The highest BCUT2D eigenvalue weighted by Crippen LogP contribution is 2.21. The van der Waals surface area contributed by atoms with Crippen LogP contribution in [0.3, 0.4) is 0 Å². The molecule has 0 unspecified atom stereocenters. The molecule has 2 aromatic carbocycles. The molecule has 28 heavy (non-hydrogen) atoms. The average molecular weight is 374 g/mol. The molecule has 0 radical (unpaired) electrons. The first-order chi connectivity index (χ1) is 13.9. The van der Waals surface area contributed by atoms with Gasteiger partial charge in [-0.25, -0.2) is 9.97 Å². The van der Waals surface area contributed by atoms with Crippen molar-refractivity contribution >= 4 is 11.5 Å². The molecule has 1 aromatic heterocycles. The second-order valence-corrected chi connectivity index (χ2v) is 7.03. The summed E-state index contributed by atoms with van der Waals surface area (Å²) >= 11 is 0. The van der Waals surface area contributed by atoms with Gasteiger partial charge in [-0.2, -0.15) is 0 Å². The maximum absolute atomic E-state index is 5.90. The van der Waals surface area contributed by atoms with Crippen LogP contribution < -0.4 is 10.1 Å². The van der Waals surface area contributed by atoms with Gasteiger partial charge in [0, 0.05) is 24.0 Å². The van der Waals surface area contributed by atoms with Gasteiger partial charge in [-0.3, -0.25) is 4.90 Å². The minimum atomic E-state index is 0.711. The third-order valence-corrected chi connectivity index (χ3v) is 4.94. The minimum Gasteiger partial charge on any atom is -0.492 e. The Hall–Kier alpha value is -2.92. The Balaban J connectivity index is 1.32. The fraction of sp³-hybridized carbons (Fsp3) is 0.304. The van der Waals surface area contributed by atoms with E-state index in [1.807, 2.05) is 60.7 Å². The fourth-order valence-corrected chi connectivity index (χ4v) is 3.41. The molecule has 0 bridgehead atoms. The summed E-state index contributed by atoms with van der Waals surface area (Å²) in [7, 11) is 0. The van der Waals surface area contributed by atoms with Crippen LogP contribution in [0.25, 0.3) is 11.4 Å². The molecule has 0 saturated carbocycles. The third kappa shape index (κ3) is 5.08. The van der Waals surface area contributed by atoms with Crippen molar-refractivity contribution in [2.24, 2.45) is 0 Å². The van der Waals surface area contributed by atoms with Crippen molar-refractivity contribution in [1.82, 2.24) is 14.9 Å². The summed E-state index contributed by atoms with van der Waals surface area (Å²) in [5.41, 5.74) is 1.98. The molecule has 1 aliphatic rings. The highest BCUT2D eigenvalue weighted by atomic mass is 16.5. The van der Waals surface area contributed by atoms with Gasteiger partial charge in [-0.15, -0.1) is 0 Å². The van der Waals surface area contributed by atoms with Crippen LogP contribution >= 0.6 is 0 Å². The van der Waals surface area contributed by atoms with E-state index < -0.39 is 0 Å². The van der Waals surface area contributed by atoms with Crippen LogP contribution in [0.15, 0.2) is 66.9 Å². The zero-order chi connectivity index (χ0) is 19.0. The molecule has 144 valence electrons. The Kier molecular flexibility index (Phi) is 6.15. The standard InChI is InChI=1S/C23H26N4O/c1-3-7-19(8-4-1)23-24-14-13-22(26-23)25-20-9-11-21(12-10-20)28-18-17-27-15-5-2-6-16-27/h1,3-4,7-14H,2,5-6,15-18H2,(H,24,25,26). The van der Waals surface area contributed by atoms with E-state index in [-0.39, 0.29) is 0 Å². The van der Waals surface area contributed by atoms with Crippen LogP contribution in [-0.2, 0) is 0 Å². The van der Waals surface area contributed by atoms with Crippen molar-refractivity contribution in [3.8, 4) is 17.1 Å². The van der Waals surface area contributed by atoms with Gasteiger partial charge in [-0.05, 0) is 56.3 Å². The van der Waals surface area contributed by atoms with Crippen molar-refractivity contribution in [2.75, 3.05) is 31.6 Å². The first kappa shape index (κ1) is 18.4. The minimum absolute atomic E-state index is 0.711. The van der Waals surface area contributed by atoms with Gasteiger partial charge < -0.3 is 10.1 Å². The molecule has 1 fully saturated rings. The van der Waals surface area contributed by atoms with Crippen LogP contribution in [0.2, 0.25) is 0 Å². The lowest BCUT2D eigenvalue weighted by Crippen LogP contribution is -2.33. The van der Waals surface area contributed by atoms with Gasteiger partial charge >= 0.3 is 0 Å². The monoisotopic (exact) mass is 374 g/mol. The number of piperidine rings is 1. The Bertz CT molecular complexity index is 861. The maximum atomic E-state index is 5.90. The number of likely N-dealkylation sites (tertiary alicyclic amines) is 1. The molecule has 0 spiro atoms. The number of rotatable bonds is 7. The summed E-state index contributed by atoms with van der Waals surface area (Å²) < 4.78 is 5.90. The molecule has 1 aliphatic heterocycles. The number of anilines is 2. The molecule has 0 atom stereocenters. The number of hydrogen-bond acceptors (Lipinski definition) is 5. The molecule has 5 heteroatoms. The van der Waals surface area contributed by atoms with Crippen molar-refractivity contribution in [2.45, 2.75) is 19.3 Å². The predicted octanol–water partition coefficient (Wildman–Crippen LogP) is 4.75. The van der Waals surface area contributed by atoms with E-state index in [9.17, 15) is 0 Å². The molecule has 0 aliphatic carbocycles. The van der Waals surface area contributed by atoms with Crippen LogP contribution in [-0.4, -0.2) is 41.1 Å². The van der Waals surface area contributed by atoms with E-state index in [1.54, 1.807) is 6.20 Å². The van der Waals surface area contributed by atoms with E-state index in [4.69, 9.17) is 4.74 Å². The van der Waals surface area contributed by atoms with Crippen molar-refractivity contribution in [3.63, 3.8) is 0 Å². The molecule has 4 rings (SSSR count). The summed E-state index contributed by atoms with van der Waals surface area (Å²) in [6, 6.07) is 19.9. The van der Waals surface area contributed by atoms with Crippen LogP contribution in [0.1, 0.15) is 19.3 Å². The summed E-state index contributed by atoms with van der Waals surface area (Å²) in [6.07, 6.45) is 5.77. The number of hydrogen-bond donors (Lipinski definition) is 1. The van der Waals surface area contributed by atoms with Gasteiger partial charge in [0.05, 0.1) is 0 Å². The van der Waals surface area contributed by atoms with Crippen molar-refractivity contribution in [3.05, 3.63) is 66.9 Å². The van der Waals surface area contributed by atoms with E-state index in [0.717, 1.165) is 36.0 Å². The van der Waals surface area contributed by atoms with Crippen molar-refractivity contribution < 1.29 is 4.74 Å². The lowest BCUT2D eigenvalue weighted by Gasteiger charge is -2.26. The van der Waals surface area contributed by atoms with Crippen LogP contribution in [0.4, 0.5) is 11.5 Å². The maximum Gasteiger partial charge on any atom is 0.161 e. The molecular weight excluding hydrogens is 348 g/mol. The van der Waals surface area contributed by atoms with Gasteiger partial charge in [0.1, 0.15) is 18.2 Å². The lowest BCUT2D eigenvalue weighted by molar-refractivity contribution is 0.183. The summed E-state index contributed by atoms with van der Waals surface area (Å²) in [4.78, 5) is 11.5. The van der Waals surface area contributed by atoms with Gasteiger partial charge in [0.15, 0.2) is 5.82 Å². The summed E-state index contributed by atoms with van der Waals surface area (Å²) in [5.74, 6) is 2.38. The Morgan fingerprint density at radius 2 is 1.68 bits per heavy atom. The predicted molar refractivity (Wildman–Crippen MR) is 113 cm³/mol. The molecule has 0 amide bonds. The smallest absolute Gasteiger partial charge is 0.161 e. The second kappa shape index (κ2) is 9.33. The molecule has 1 N–H and O–H groups in total. The second-order valence-electron chi connectivity index (χ2n) is 7.03. The SMILES string of the molecule is c1ccc(-c2nccc(Nc3ccc(OCCN4CCCCC4)cc3)n2)cc1. The number of ether oxygens (including phenoxy) is 1. The van der Waals surface area contributed by atoms with Crippen LogP contribution in [0, 0.1) is 0 Å². The normalized spacial score (nSPS) is 14.6. The van der Waals surface area contributed by atoms with Crippen LogP contribution in [0.5, 0.6) is 5.75 Å². The summed E-state index contributed by atoms with van der Waals surface area (Å²) in [5, 5.41) is 3.33. The highest BCUT2D eigenvalue weighted by Gasteiger charge is 2.09. The third-order valence-electron chi connectivity index (χ3n) is 4.94. The molecule has 2 heterocycles. The van der Waals surface area contributed by atoms with Crippen molar-refractivity contribution in [1.29, 1.82) is 0 Å².